The molecule has 1 aromatic heterocycles. The van der Waals surface area contributed by atoms with Crippen molar-refractivity contribution in [2.75, 3.05) is 0 Å². The SMILES string of the molecule is Clc1cccc(C(c2ccccc2)n2ccnc2)c1. The predicted molar refractivity (Wildman–Crippen MR) is 77.4 cm³/mol. The van der Waals surface area contributed by atoms with Crippen molar-refractivity contribution in [2.45, 2.75) is 6.04 Å². The minimum atomic E-state index is 0.0994. The zero-order valence-electron chi connectivity index (χ0n) is 10.3. The van der Waals surface area contributed by atoms with Gasteiger partial charge in [-0.25, -0.2) is 4.98 Å². The fourth-order valence-electron chi connectivity index (χ4n) is 2.27. The van der Waals surface area contributed by atoms with Crippen molar-refractivity contribution in [1.29, 1.82) is 0 Å². The third-order valence-corrected chi connectivity index (χ3v) is 3.34. The monoisotopic (exact) mass is 268 g/mol. The Balaban J connectivity index is 2.12. The normalized spacial score (nSPS) is 12.3. The molecule has 2 nitrogen and oxygen atoms in total. The van der Waals surface area contributed by atoms with E-state index in [1.807, 2.05) is 48.9 Å². The van der Waals surface area contributed by atoms with Crippen LogP contribution in [0.25, 0.3) is 0 Å². The minimum absolute atomic E-state index is 0.0994. The van der Waals surface area contributed by atoms with Crippen LogP contribution in [0.1, 0.15) is 17.2 Å². The van der Waals surface area contributed by atoms with E-state index >= 15 is 0 Å². The molecule has 1 unspecified atom stereocenters. The van der Waals surface area contributed by atoms with E-state index in [1.54, 1.807) is 6.20 Å². The van der Waals surface area contributed by atoms with Crippen molar-refractivity contribution in [2.24, 2.45) is 0 Å². The molecule has 0 aliphatic rings. The van der Waals surface area contributed by atoms with Crippen molar-refractivity contribution in [3.05, 3.63) is 89.5 Å². The number of rotatable bonds is 3. The molecule has 0 radical (unpaired) electrons. The molecule has 0 saturated heterocycles. The molecule has 1 atom stereocenters. The zero-order valence-corrected chi connectivity index (χ0v) is 11.0. The first-order chi connectivity index (χ1) is 9.34. The molecule has 0 bridgehead atoms. The second-order valence-electron chi connectivity index (χ2n) is 4.38. The fraction of sp³-hybridized carbons (Fsp3) is 0.0625. The summed E-state index contributed by atoms with van der Waals surface area (Å²) in [5.74, 6) is 0. The lowest BCUT2D eigenvalue weighted by atomic mass is 9.98. The van der Waals surface area contributed by atoms with Crippen molar-refractivity contribution in [3.8, 4) is 0 Å². The topological polar surface area (TPSA) is 17.8 Å². The van der Waals surface area contributed by atoms with Crippen LogP contribution in [0.5, 0.6) is 0 Å². The molecule has 3 rings (SSSR count). The van der Waals surface area contributed by atoms with E-state index in [1.165, 1.54) is 5.56 Å². The van der Waals surface area contributed by atoms with Gasteiger partial charge in [0, 0.05) is 17.4 Å². The lowest BCUT2D eigenvalue weighted by Gasteiger charge is -2.19. The maximum Gasteiger partial charge on any atom is 0.0954 e. The van der Waals surface area contributed by atoms with Gasteiger partial charge >= 0.3 is 0 Å². The summed E-state index contributed by atoms with van der Waals surface area (Å²) >= 11 is 6.11. The van der Waals surface area contributed by atoms with Crippen LogP contribution in [0.3, 0.4) is 0 Å². The molecular formula is C16H13ClN2. The molecule has 0 saturated carbocycles. The molecule has 0 aliphatic carbocycles. The molecule has 19 heavy (non-hydrogen) atoms. The molecule has 0 spiro atoms. The summed E-state index contributed by atoms with van der Waals surface area (Å²) in [7, 11) is 0. The maximum atomic E-state index is 6.11. The van der Waals surface area contributed by atoms with Crippen LogP contribution >= 0.6 is 11.6 Å². The number of imidazole rings is 1. The Bertz CT molecular complexity index is 648. The number of halogens is 1. The highest BCUT2D eigenvalue weighted by molar-refractivity contribution is 6.30. The fourth-order valence-corrected chi connectivity index (χ4v) is 2.47. The summed E-state index contributed by atoms with van der Waals surface area (Å²) < 4.78 is 2.08. The predicted octanol–water partition coefficient (Wildman–Crippen LogP) is 4.17. The Morgan fingerprint density at radius 2 is 1.74 bits per heavy atom. The molecule has 3 heteroatoms. The van der Waals surface area contributed by atoms with E-state index in [9.17, 15) is 0 Å². The van der Waals surface area contributed by atoms with E-state index in [-0.39, 0.29) is 6.04 Å². The van der Waals surface area contributed by atoms with Gasteiger partial charge in [-0.05, 0) is 23.3 Å². The third-order valence-electron chi connectivity index (χ3n) is 3.10. The molecule has 0 amide bonds. The number of hydrogen-bond acceptors (Lipinski definition) is 1. The van der Waals surface area contributed by atoms with Crippen LogP contribution in [0.15, 0.2) is 73.3 Å². The van der Waals surface area contributed by atoms with Gasteiger partial charge in [0.1, 0.15) is 0 Å². The quantitative estimate of drug-likeness (QED) is 0.697. The lowest BCUT2D eigenvalue weighted by Crippen LogP contribution is -2.10. The molecule has 1 heterocycles. The van der Waals surface area contributed by atoms with Gasteiger partial charge in [0.2, 0.25) is 0 Å². The van der Waals surface area contributed by atoms with E-state index < -0.39 is 0 Å². The van der Waals surface area contributed by atoms with Crippen LogP contribution < -0.4 is 0 Å². The summed E-state index contributed by atoms with van der Waals surface area (Å²) in [6.07, 6.45) is 5.59. The standard InChI is InChI=1S/C16H13ClN2/c17-15-8-4-7-14(11-15)16(19-10-9-18-12-19)13-5-2-1-3-6-13/h1-12,16H. The second kappa shape index (κ2) is 5.29. The Kier molecular flexibility index (Phi) is 3.34. The molecule has 0 fully saturated rings. The zero-order chi connectivity index (χ0) is 13.1. The molecule has 0 aliphatic heterocycles. The lowest BCUT2D eigenvalue weighted by molar-refractivity contribution is 0.677. The van der Waals surface area contributed by atoms with Crippen molar-refractivity contribution in [3.63, 3.8) is 0 Å². The first-order valence-corrected chi connectivity index (χ1v) is 6.50. The first kappa shape index (κ1) is 12.0. The van der Waals surface area contributed by atoms with E-state index in [0.29, 0.717) is 0 Å². The van der Waals surface area contributed by atoms with E-state index in [2.05, 4.69) is 27.8 Å². The van der Waals surface area contributed by atoms with Crippen LogP contribution in [-0.4, -0.2) is 9.55 Å². The van der Waals surface area contributed by atoms with Gasteiger partial charge in [-0.2, -0.15) is 0 Å². The highest BCUT2D eigenvalue weighted by Crippen LogP contribution is 2.27. The summed E-state index contributed by atoms with van der Waals surface area (Å²) in [6.45, 7) is 0. The maximum absolute atomic E-state index is 6.11. The van der Waals surface area contributed by atoms with Crippen molar-refractivity contribution in [1.82, 2.24) is 9.55 Å². The summed E-state index contributed by atoms with van der Waals surface area (Å²) in [5, 5.41) is 0.749. The van der Waals surface area contributed by atoms with Gasteiger partial charge in [-0.3, -0.25) is 0 Å². The van der Waals surface area contributed by atoms with Gasteiger partial charge in [0.05, 0.1) is 12.4 Å². The van der Waals surface area contributed by atoms with Gasteiger partial charge in [-0.15, -0.1) is 0 Å². The summed E-state index contributed by atoms with van der Waals surface area (Å²) in [6, 6.07) is 18.4. The molecule has 2 aromatic carbocycles. The highest BCUT2D eigenvalue weighted by Gasteiger charge is 2.15. The molecular weight excluding hydrogens is 256 g/mol. The Labute approximate surface area is 117 Å². The Hall–Kier alpha value is -2.06. The van der Waals surface area contributed by atoms with Crippen molar-refractivity contribution >= 4 is 11.6 Å². The number of nitrogens with zero attached hydrogens (tertiary/aromatic N) is 2. The highest BCUT2D eigenvalue weighted by atomic mass is 35.5. The second-order valence-corrected chi connectivity index (χ2v) is 4.81. The Morgan fingerprint density at radius 3 is 2.42 bits per heavy atom. The number of hydrogen-bond donors (Lipinski definition) is 0. The largest absolute Gasteiger partial charge is 0.326 e. The summed E-state index contributed by atoms with van der Waals surface area (Å²) in [4.78, 5) is 4.15. The number of benzene rings is 2. The first-order valence-electron chi connectivity index (χ1n) is 6.12. The van der Waals surface area contributed by atoms with E-state index in [4.69, 9.17) is 11.6 Å². The van der Waals surface area contributed by atoms with E-state index in [0.717, 1.165) is 10.6 Å². The van der Waals surface area contributed by atoms with Gasteiger partial charge in [-0.1, -0.05) is 54.1 Å². The van der Waals surface area contributed by atoms with Crippen LogP contribution in [0.4, 0.5) is 0 Å². The van der Waals surface area contributed by atoms with Gasteiger partial charge in [0.25, 0.3) is 0 Å². The average molecular weight is 269 g/mol. The van der Waals surface area contributed by atoms with Crippen molar-refractivity contribution < 1.29 is 0 Å². The number of aromatic nitrogens is 2. The molecule has 0 N–H and O–H groups in total. The molecule has 3 aromatic rings. The average Bonchev–Trinajstić information content (AvgIpc) is 2.94. The smallest absolute Gasteiger partial charge is 0.0954 e. The van der Waals surface area contributed by atoms with Gasteiger partial charge < -0.3 is 4.57 Å². The Morgan fingerprint density at radius 1 is 0.947 bits per heavy atom. The minimum Gasteiger partial charge on any atom is -0.326 e. The van der Waals surface area contributed by atoms with Crippen LogP contribution in [-0.2, 0) is 0 Å². The molecule has 94 valence electrons. The van der Waals surface area contributed by atoms with Crippen LogP contribution in [0, 0.1) is 0 Å². The van der Waals surface area contributed by atoms with Crippen LogP contribution in [0.2, 0.25) is 5.02 Å². The van der Waals surface area contributed by atoms with Gasteiger partial charge in [0.15, 0.2) is 0 Å². The summed E-state index contributed by atoms with van der Waals surface area (Å²) in [5.41, 5.74) is 2.36. The third kappa shape index (κ3) is 2.54.